The number of H-pyrrole nitrogens is 1. The Bertz CT molecular complexity index is 662. The smallest absolute Gasteiger partial charge is 0.138 e. The van der Waals surface area contributed by atoms with Crippen molar-refractivity contribution in [2.45, 2.75) is 6.61 Å². The molecule has 1 aromatic carbocycles. The van der Waals surface area contributed by atoms with Gasteiger partial charge in [0, 0.05) is 34.9 Å². The van der Waals surface area contributed by atoms with Gasteiger partial charge in [-0.25, -0.2) is 0 Å². The fourth-order valence-corrected chi connectivity index (χ4v) is 1.89. The molecule has 0 fully saturated rings. The van der Waals surface area contributed by atoms with Crippen LogP contribution in [0.1, 0.15) is 5.56 Å². The highest BCUT2D eigenvalue weighted by molar-refractivity contribution is 5.84. The topological polar surface area (TPSA) is 58.1 Å². The van der Waals surface area contributed by atoms with E-state index >= 15 is 0 Å². The molecule has 0 aliphatic rings. The molecule has 0 amide bonds. The molecule has 18 heavy (non-hydrogen) atoms. The summed E-state index contributed by atoms with van der Waals surface area (Å²) in [5.41, 5.74) is 1.95. The van der Waals surface area contributed by atoms with Gasteiger partial charge in [0.25, 0.3) is 0 Å². The van der Waals surface area contributed by atoms with Gasteiger partial charge in [-0.05, 0) is 24.3 Å². The van der Waals surface area contributed by atoms with Crippen LogP contribution in [0.2, 0.25) is 0 Å². The van der Waals surface area contributed by atoms with Crippen molar-refractivity contribution in [1.29, 1.82) is 0 Å². The first-order valence-corrected chi connectivity index (χ1v) is 5.65. The Morgan fingerprint density at radius 2 is 2.22 bits per heavy atom. The molecule has 0 aliphatic carbocycles. The van der Waals surface area contributed by atoms with E-state index in [4.69, 9.17) is 4.74 Å². The minimum absolute atomic E-state index is 0.254. The Kier molecular flexibility index (Phi) is 2.61. The largest absolute Gasteiger partial charge is 0.508 e. The standard InChI is InChI=1S/C14H12N2O2/c17-11-3-4-13-10(7-16-14(13)6-11)9-18-12-2-1-5-15-8-12/h1-8,16-17H,9H2. The van der Waals surface area contributed by atoms with Gasteiger partial charge < -0.3 is 14.8 Å². The average Bonchev–Trinajstić information content (AvgIpc) is 2.80. The monoisotopic (exact) mass is 240 g/mol. The highest BCUT2D eigenvalue weighted by atomic mass is 16.5. The maximum atomic E-state index is 9.39. The lowest BCUT2D eigenvalue weighted by Crippen LogP contribution is -1.94. The molecule has 0 saturated carbocycles. The van der Waals surface area contributed by atoms with Gasteiger partial charge in [-0.3, -0.25) is 4.98 Å². The van der Waals surface area contributed by atoms with E-state index in [1.54, 1.807) is 24.5 Å². The second-order valence-corrected chi connectivity index (χ2v) is 4.02. The summed E-state index contributed by atoms with van der Waals surface area (Å²) in [6.07, 6.45) is 5.28. The predicted molar refractivity (Wildman–Crippen MR) is 68.5 cm³/mol. The molecule has 0 saturated heterocycles. The van der Waals surface area contributed by atoms with Crippen LogP contribution in [0.3, 0.4) is 0 Å². The first-order chi connectivity index (χ1) is 8.83. The molecule has 3 aromatic rings. The summed E-state index contributed by atoms with van der Waals surface area (Å²) >= 11 is 0. The molecule has 0 unspecified atom stereocenters. The maximum Gasteiger partial charge on any atom is 0.138 e. The van der Waals surface area contributed by atoms with Crippen LogP contribution in [0.15, 0.2) is 48.9 Å². The van der Waals surface area contributed by atoms with E-state index in [9.17, 15) is 5.11 Å². The van der Waals surface area contributed by atoms with Gasteiger partial charge in [0.15, 0.2) is 0 Å². The highest BCUT2D eigenvalue weighted by Gasteiger charge is 2.05. The molecule has 4 nitrogen and oxygen atoms in total. The number of nitrogens with one attached hydrogen (secondary N) is 1. The zero-order chi connectivity index (χ0) is 12.4. The summed E-state index contributed by atoms with van der Waals surface area (Å²) in [4.78, 5) is 7.10. The van der Waals surface area contributed by atoms with E-state index in [0.29, 0.717) is 6.61 Å². The summed E-state index contributed by atoms with van der Waals surface area (Å²) in [6.45, 7) is 0.469. The van der Waals surface area contributed by atoms with Gasteiger partial charge in [-0.15, -0.1) is 0 Å². The molecule has 3 rings (SSSR count). The maximum absolute atomic E-state index is 9.39. The molecule has 2 aromatic heterocycles. The third-order valence-electron chi connectivity index (χ3n) is 2.78. The van der Waals surface area contributed by atoms with Crippen LogP contribution in [0.5, 0.6) is 11.5 Å². The molecule has 2 N–H and O–H groups in total. The fraction of sp³-hybridized carbons (Fsp3) is 0.0714. The number of hydrogen-bond donors (Lipinski definition) is 2. The predicted octanol–water partition coefficient (Wildman–Crippen LogP) is 2.85. The number of pyridine rings is 1. The summed E-state index contributed by atoms with van der Waals surface area (Å²) < 4.78 is 5.64. The van der Waals surface area contributed by atoms with Gasteiger partial charge in [0.05, 0.1) is 6.20 Å². The average molecular weight is 240 g/mol. The first kappa shape index (κ1) is 10.7. The summed E-state index contributed by atoms with van der Waals surface area (Å²) in [5.74, 6) is 0.995. The Balaban J connectivity index is 1.83. The van der Waals surface area contributed by atoms with Crippen molar-refractivity contribution in [2.75, 3.05) is 0 Å². The van der Waals surface area contributed by atoms with Crippen molar-refractivity contribution < 1.29 is 9.84 Å². The van der Waals surface area contributed by atoms with Crippen LogP contribution in [-0.2, 0) is 6.61 Å². The molecular formula is C14H12N2O2. The van der Waals surface area contributed by atoms with Crippen LogP contribution in [0, 0.1) is 0 Å². The van der Waals surface area contributed by atoms with Crippen LogP contribution < -0.4 is 4.74 Å². The van der Waals surface area contributed by atoms with Crippen molar-refractivity contribution in [3.63, 3.8) is 0 Å². The molecule has 0 bridgehead atoms. The van der Waals surface area contributed by atoms with E-state index in [2.05, 4.69) is 9.97 Å². The molecule has 90 valence electrons. The van der Waals surface area contributed by atoms with Gasteiger partial charge in [-0.1, -0.05) is 0 Å². The first-order valence-electron chi connectivity index (χ1n) is 5.65. The number of aromatic nitrogens is 2. The zero-order valence-corrected chi connectivity index (χ0v) is 9.63. The summed E-state index contributed by atoms with van der Waals surface area (Å²) in [7, 11) is 0. The Labute approximate surface area is 104 Å². The number of hydrogen-bond acceptors (Lipinski definition) is 3. The molecule has 0 aliphatic heterocycles. The van der Waals surface area contributed by atoms with E-state index in [-0.39, 0.29) is 5.75 Å². The number of nitrogens with zero attached hydrogens (tertiary/aromatic N) is 1. The lowest BCUT2D eigenvalue weighted by atomic mass is 10.2. The minimum Gasteiger partial charge on any atom is -0.508 e. The second-order valence-electron chi connectivity index (χ2n) is 4.02. The van der Waals surface area contributed by atoms with Crippen molar-refractivity contribution in [3.05, 3.63) is 54.5 Å². The van der Waals surface area contributed by atoms with Gasteiger partial charge >= 0.3 is 0 Å². The van der Waals surface area contributed by atoms with Crippen molar-refractivity contribution in [1.82, 2.24) is 9.97 Å². The quantitative estimate of drug-likeness (QED) is 0.740. The van der Waals surface area contributed by atoms with Crippen LogP contribution >= 0.6 is 0 Å². The number of fused-ring (bicyclic) bond motifs is 1. The Morgan fingerprint density at radius 3 is 3.06 bits per heavy atom. The number of ether oxygens (including phenoxy) is 1. The van der Waals surface area contributed by atoms with E-state index in [0.717, 1.165) is 22.2 Å². The van der Waals surface area contributed by atoms with Crippen molar-refractivity contribution in [3.8, 4) is 11.5 Å². The van der Waals surface area contributed by atoms with Gasteiger partial charge in [0.1, 0.15) is 18.1 Å². The minimum atomic E-state index is 0.254. The number of aromatic hydroxyl groups is 1. The van der Waals surface area contributed by atoms with E-state index in [1.807, 2.05) is 24.4 Å². The SMILES string of the molecule is Oc1ccc2c(COc3cccnc3)c[nH]c2c1. The number of benzene rings is 1. The number of phenolic OH excluding ortho intramolecular Hbond substituents is 1. The number of phenols is 1. The molecule has 4 heteroatoms. The fourth-order valence-electron chi connectivity index (χ4n) is 1.89. The van der Waals surface area contributed by atoms with Gasteiger partial charge in [0.2, 0.25) is 0 Å². The van der Waals surface area contributed by atoms with E-state index in [1.165, 1.54) is 0 Å². The van der Waals surface area contributed by atoms with Crippen molar-refractivity contribution >= 4 is 10.9 Å². The summed E-state index contributed by atoms with van der Waals surface area (Å²) in [6, 6.07) is 8.95. The van der Waals surface area contributed by atoms with E-state index < -0.39 is 0 Å². The van der Waals surface area contributed by atoms with Crippen LogP contribution in [0.4, 0.5) is 0 Å². The molecule has 0 spiro atoms. The third kappa shape index (κ3) is 2.00. The molecule has 0 atom stereocenters. The molecule has 2 heterocycles. The third-order valence-corrected chi connectivity index (χ3v) is 2.78. The Hall–Kier alpha value is -2.49. The number of aromatic amines is 1. The summed E-state index contributed by atoms with van der Waals surface area (Å²) in [5, 5.41) is 10.4. The lowest BCUT2D eigenvalue weighted by Gasteiger charge is -2.04. The van der Waals surface area contributed by atoms with Crippen molar-refractivity contribution in [2.24, 2.45) is 0 Å². The van der Waals surface area contributed by atoms with Gasteiger partial charge in [-0.2, -0.15) is 0 Å². The van der Waals surface area contributed by atoms with Crippen LogP contribution in [0.25, 0.3) is 10.9 Å². The molecule has 0 radical (unpaired) electrons. The Morgan fingerprint density at radius 1 is 1.28 bits per heavy atom. The lowest BCUT2D eigenvalue weighted by molar-refractivity contribution is 0.306. The normalized spacial score (nSPS) is 10.7. The van der Waals surface area contributed by atoms with Crippen LogP contribution in [-0.4, -0.2) is 15.1 Å². The molecular weight excluding hydrogens is 228 g/mol. The zero-order valence-electron chi connectivity index (χ0n) is 9.63. The number of rotatable bonds is 3. The highest BCUT2D eigenvalue weighted by Crippen LogP contribution is 2.23. The second kappa shape index (κ2) is 4.41.